The lowest BCUT2D eigenvalue weighted by Crippen LogP contribution is -2.33. The molecule has 1 aromatic rings. The molecule has 28 heavy (non-hydrogen) atoms. The number of hydrogen-bond donors (Lipinski definition) is 2. The molecule has 1 aromatic carbocycles. The third-order valence-electron chi connectivity index (χ3n) is 4.08. The Labute approximate surface area is 164 Å². The molecule has 0 spiro atoms. The summed E-state index contributed by atoms with van der Waals surface area (Å²) in [5, 5.41) is 5.49. The van der Waals surface area contributed by atoms with E-state index in [1.54, 1.807) is 6.07 Å². The summed E-state index contributed by atoms with van der Waals surface area (Å²) < 4.78 is 15.5. The Kier molecular flexibility index (Phi) is 7.25. The highest BCUT2D eigenvalue weighted by Crippen LogP contribution is 2.30. The third-order valence-corrected chi connectivity index (χ3v) is 4.08. The van der Waals surface area contributed by atoms with Gasteiger partial charge in [-0.2, -0.15) is 0 Å². The van der Waals surface area contributed by atoms with Crippen molar-refractivity contribution in [2.24, 2.45) is 5.92 Å². The van der Waals surface area contributed by atoms with Crippen LogP contribution in [-0.2, 0) is 25.5 Å². The number of nitrogens with one attached hydrogen (secondary N) is 2. The van der Waals surface area contributed by atoms with Gasteiger partial charge >= 0.3 is 12.1 Å². The molecule has 0 saturated carbocycles. The Morgan fingerprint density at radius 3 is 2.71 bits per heavy atom. The fourth-order valence-electron chi connectivity index (χ4n) is 2.75. The van der Waals surface area contributed by atoms with Gasteiger partial charge in [0.25, 0.3) is 0 Å². The van der Waals surface area contributed by atoms with Gasteiger partial charge in [-0.1, -0.05) is 6.07 Å². The van der Waals surface area contributed by atoms with Crippen molar-refractivity contribution in [3.05, 3.63) is 23.8 Å². The number of anilines is 1. The van der Waals surface area contributed by atoms with Crippen LogP contribution in [0.25, 0.3) is 0 Å². The minimum Gasteiger partial charge on any atom is -0.493 e. The van der Waals surface area contributed by atoms with E-state index >= 15 is 0 Å². The van der Waals surface area contributed by atoms with Gasteiger partial charge in [-0.15, -0.1) is 0 Å². The van der Waals surface area contributed by atoms with Crippen LogP contribution in [0.4, 0.5) is 10.5 Å². The number of hydrogen-bond acceptors (Lipinski definition) is 6. The van der Waals surface area contributed by atoms with Gasteiger partial charge in [-0.3, -0.25) is 9.59 Å². The molecule has 1 aliphatic heterocycles. The molecule has 0 bridgehead atoms. The van der Waals surface area contributed by atoms with Crippen molar-refractivity contribution < 1.29 is 28.6 Å². The standard InChI is InChI=1S/C20H28N2O6/c1-20(2,3)28-19(25)21-8-5-9-27-15-7-6-13-10-14(11-17(23)26-4)18(24)22-16(13)12-15/h6-7,12,14H,5,8-11H2,1-4H3,(H,21,25)(H,22,24). The maximum atomic E-state index is 12.2. The summed E-state index contributed by atoms with van der Waals surface area (Å²) >= 11 is 0. The van der Waals surface area contributed by atoms with Crippen molar-refractivity contribution in [3.8, 4) is 5.75 Å². The molecule has 1 heterocycles. The third kappa shape index (κ3) is 6.75. The van der Waals surface area contributed by atoms with E-state index in [1.807, 2.05) is 32.9 Å². The molecule has 0 fully saturated rings. The van der Waals surface area contributed by atoms with E-state index < -0.39 is 23.6 Å². The van der Waals surface area contributed by atoms with E-state index in [0.717, 1.165) is 5.56 Å². The van der Waals surface area contributed by atoms with Gasteiger partial charge in [0.15, 0.2) is 0 Å². The molecular weight excluding hydrogens is 364 g/mol. The topological polar surface area (TPSA) is 103 Å². The number of fused-ring (bicyclic) bond motifs is 1. The summed E-state index contributed by atoms with van der Waals surface area (Å²) in [6.07, 6.45) is 0.704. The van der Waals surface area contributed by atoms with Crippen LogP contribution in [0.1, 0.15) is 39.2 Å². The number of carbonyl (C=O) groups excluding carboxylic acids is 3. The van der Waals surface area contributed by atoms with Crippen LogP contribution in [0.3, 0.4) is 0 Å². The average Bonchev–Trinajstić information content (AvgIpc) is 2.60. The van der Waals surface area contributed by atoms with Crippen molar-refractivity contribution in [1.82, 2.24) is 5.32 Å². The van der Waals surface area contributed by atoms with Crippen molar-refractivity contribution in [3.63, 3.8) is 0 Å². The van der Waals surface area contributed by atoms with Crippen LogP contribution >= 0.6 is 0 Å². The predicted octanol–water partition coefficient (Wildman–Crippen LogP) is 2.65. The lowest BCUT2D eigenvalue weighted by atomic mass is 9.90. The molecule has 2 N–H and O–H groups in total. The first-order valence-corrected chi connectivity index (χ1v) is 9.28. The van der Waals surface area contributed by atoms with Gasteiger partial charge in [0, 0.05) is 18.3 Å². The molecule has 0 aliphatic carbocycles. The van der Waals surface area contributed by atoms with Crippen molar-refractivity contribution in [2.75, 3.05) is 25.6 Å². The highest BCUT2D eigenvalue weighted by molar-refractivity contribution is 5.97. The first kappa shape index (κ1) is 21.5. The number of alkyl carbamates (subject to hydrolysis) is 1. The van der Waals surface area contributed by atoms with E-state index in [4.69, 9.17) is 9.47 Å². The van der Waals surface area contributed by atoms with E-state index in [0.29, 0.717) is 37.4 Å². The summed E-state index contributed by atoms with van der Waals surface area (Å²) in [4.78, 5) is 35.1. The van der Waals surface area contributed by atoms with Gasteiger partial charge in [-0.25, -0.2) is 4.79 Å². The molecule has 1 atom stereocenters. The quantitative estimate of drug-likeness (QED) is 0.546. The van der Waals surface area contributed by atoms with Crippen LogP contribution < -0.4 is 15.4 Å². The maximum absolute atomic E-state index is 12.2. The van der Waals surface area contributed by atoms with Gasteiger partial charge in [0.1, 0.15) is 11.4 Å². The summed E-state index contributed by atoms with van der Waals surface area (Å²) in [6, 6.07) is 5.48. The molecule has 2 amide bonds. The zero-order chi connectivity index (χ0) is 20.7. The minimum absolute atomic E-state index is 0.0602. The van der Waals surface area contributed by atoms with E-state index in [-0.39, 0.29) is 12.3 Å². The summed E-state index contributed by atoms with van der Waals surface area (Å²) in [7, 11) is 1.31. The minimum atomic E-state index is -0.524. The van der Waals surface area contributed by atoms with Crippen LogP contribution in [0, 0.1) is 5.92 Å². The molecule has 0 saturated heterocycles. The SMILES string of the molecule is COC(=O)CC1Cc2ccc(OCCCNC(=O)OC(C)(C)C)cc2NC1=O. The monoisotopic (exact) mass is 392 g/mol. The van der Waals surface area contributed by atoms with Gasteiger partial charge in [0.05, 0.1) is 26.1 Å². The fourth-order valence-corrected chi connectivity index (χ4v) is 2.75. The lowest BCUT2D eigenvalue weighted by Gasteiger charge is -2.24. The van der Waals surface area contributed by atoms with Crippen molar-refractivity contribution >= 4 is 23.7 Å². The normalized spacial score (nSPS) is 15.9. The molecule has 1 unspecified atom stereocenters. The number of amides is 2. The van der Waals surface area contributed by atoms with Gasteiger partial charge in [0.2, 0.25) is 5.91 Å². The van der Waals surface area contributed by atoms with Crippen LogP contribution in [0.15, 0.2) is 18.2 Å². The second-order valence-electron chi connectivity index (χ2n) is 7.62. The number of esters is 1. The molecule has 0 aromatic heterocycles. The van der Waals surface area contributed by atoms with E-state index in [9.17, 15) is 14.4 Å². The second kappa shape index (κ2) is 9.43. The largest absolute Gasteiger partial charge is 0.493 e. The highest BCUT2D eigenvalue weighted by Gasteiger charge is 2.28. The van der Waals surface area contributed by atoms with Crippen molar-refractivity contribution in [1.29, 1.82) is 0 Å². The molecule has 154 valence electrons. The number of benzene rings is 1. The zero-order valence-electron chi connectivity index (χ0n) is 16.8. The molecule has 2 rings (SSSR count). The van der Waals surface area contributed by atoms with E-state index in [1.165, 1.54) is 7.11 Å². The van der Waals surface area contributed by atoms with Crippen molar-refractivity contribution in [2.45, 2.75) is 45.6 Å². The Morgan fingerprint density at radius 2 is 2.04 bits per heavy atom. The van der Waals surface area contributed by atoms with Gasteiger partial charge in [-0.05, 0) is 45.2 Å². The average molecular weight is 392 g/mol. The Balaban J connectivity index is 1.78. The second-order valence-corrected chi connectivity index (χ2v) is 7.62. The summed E-state index contributed by atoms with van der Waals surface area (Å²) in [5.41, 5.74) is 1.12. The fraction of sp³-hybridized carbons (Fsp3) is 0.550. The Bertz CT molecular complexity index is 726. The van der Waals surface area contributed by atoms with E-state index in [2.05, 4.69) is 15.4 Å². The Hall–Kier alpha value is -2.77. The molecular formula is C20H28N2O6. The molecule has 8 heteroatoms. The summed E-state index contributed by atoms with van der Waals surface area (Å²) in [5.74, 6) is -0.395. The van der Waals surface area contributed by atoms with Gasteiger partial charge < -0.3 is 24.8 Å². The zero-order valence-corrected chi connectivity index (χ0v) is 16.8. The highest BCUT2D eigenvalue weighted by atomic mass is 16.6. The first-order valence-electron chi connectivity index (χ1n) is 9.28. The molecule has 8 nitrogen and oxygen atoms in total. The van der Waals surface area contributed by atoms with Crippen LogP contribution in [-0.4, -0.2) is 43.8 Å². The number of methoxy groups -OCH3 is 1. The number of ether oxygens (including phenoxy) is 3. The number of rotatable bonds is 7. The smallest absolute Gasteiger partial charge is 0.407 e. The predicted molar refractivity (Wildman–Crippen MR) is 103 cm³/mol. The van der Waals surface area contributed by atoms with Crippen LogP contribution in [0.2, 0.25) is 0 Å². The van der Waals surface area contributed by atoms with Crippen LogP contribution in [0.5, 0.6) is 5.75 Å². The first-order chi connectivity index (χ1) is 13.2. The Morgan fingerprint density at radius 1 is 1.29 bits per heavy atom. The summed E-state index contributed by atoms with van der Waals surface area (Å²) in [6.45, 7) is 6.27. The lowest BCUT2D eigenvalue weighted by molar-refractivity contribution is -0.143. The molecule has 1 aliphatic rings. The number of carbonyl (C=O) groups is 3. The molecule has 0 radical (unpaired) electrons. The maximum Gasteiger partial charge on any atom is 0.407 e.